The molecule has 0 aromatic heterocycles. The summed E-state index contributed by atoms with van der Waals surface area (Å²) in [4.78, 5) is 24.6. The number of thioether (sulfide) groups is 1. The van der Waals surface area contributed by atoms with Crippen molar-refractivity contribution in [1.29, 1.82) is 0 Å². The Hall–Kier alpha value is -2.32. The summed E-state index contributed by atoms with van der Waals surface area (Å²) in [6.07, 6.45) is -0.141. The van der Waals surface area contributed by atoms with E-state index in [0.29, 0.717) is 16.3 Å². The van der Waals surface area contributed by atoms with Gasteiger partial charge in [0.05, 0.1) is 21.6 Å². The van der Waals surface area contributed by atoms with Gasteiger partial charge in [0.2, 0.25) is 11.8 Å². The van der Waals surface area contributed by atoms with Gasteiger partial charge in [0.15, 0.2) is 9.84 Å². The smallest absolute Gasteiger partial charge is 0.234 e. The van der Waals surface area contributed by atoms with Crippen LogP contribution in [-0.2, 0) is 19.4 Å². The predicted molar refractivity (Wildman–Crippen MR) is 107 cm³/mol. The minimum atomic E-state index is -3.67. The highest BCUT2D eigenvalue weighted by Crippen LogP contribution is 2.34. The van der Waals surface area contributed by atoms with Crippen LogP contribution < -0.4 is 10.6 Å². The lowest BCUT2D eigenvalue weighted by Crippen LogP contribution is -2.25. The number of nitrogens with one attached hydrogen (secondary N) is 2. The van der Waals surface area contributed by atoms with Crippen molar-refractivity contribution in [2.24, 2.45) is 0 Å². The molecule has 8 heteroatoms. The first-order valence-corrected chi connectivity index (χ1v) is 11.0. The van der Waals surface area contributed by atoms with Crippen molar-refractivity contribution >= 4 is 44.8 Å². The van der Waals surface area contributed by atoms with E-state index in [0.717, 1.165) is 5.56 Å². The number of carbonyl (C=O) groups is 2. The number of fused-ring (bicyclic) bond motifs is 1. The van der Waals surface area contributed by atoms with Gasteiger partial charge in [-0.05, 0) is 43.7 Å². The molecule has 1 unspecified atom stereocenters. The molecular formula is C19H20N2O4S2. The second-order valence-corrected chi connectivity index (χ2v) is 9.80. The lowest BCUT2D eigenvalue weighted by Gasteiger charge is -2.18. The summed E-state index contributed by atoms with van der Waals surface area (Å²) in [5, 5.41) is 4.61. The second kappa shape index (κ2) is 7.74. The van der Waals surface area contributed by atoms with Gasteiger partial charge >= 0.3 is 0 Å². The zero-order valence-electron chi connectivity index (χ0n) is 15.0. The standard InChI is InChI=1S/C19H20N2O4S2/c1-12-5-3-4-6-15(12)20-18(22)9-13(2)27(24,25)14-7-8-16-17(10-14)26-11-19(23)21-16/h3-8,10,13H,9,11H2,1-2H3,(H,20,22)(H,21,23). The van der Waals surface area contributed by atoms with Crippen molar-refractivity contribution in [2.75, 3.05) is 16.4 Å². The number of rotatable bonds is 5. The molecule has 6 nitrogen and oxygen atoms in total. The number of para-hydroxylation sites is 1. The van der Waals surface area contributed by atoms with Crippen LogP contribution in [0.25, 0.3) is 0 Å². The lowest BCUT2D eigenvalue weighted by molar-refractivity contribution is -0.116. The summed E-state index contributed by atoms with van der Waals surface area (Å²) >= 11 is 1.30. The summed E-state index contributed by atoms with van der Waals surface area (Å²) in [7, 11) is -3.67. The molecular weight excluding hydrogens is 384 g/mol. The molecule has 0 aliphatic carbocycles. The van der Waals surface area contributed by atoms with Gasteiger partial charge in [-0.2, -0.15) is 0 Å². The second-order valence-electron chi connectivity index (χ2n) is 6.42. The van der Waals surface area contributed by atoms with Gasteiger partial charge in [0.1, 0.15) is 0 Å². The molecule has 27 heavy (non-hydrogen) atoms. The van der Waals surface area contributed by atoms with Gasteiger partial charge in [0, 0.05) is 17.0 Å². The van der Waals surface area contributed by atoms with E-state index in [-0.39, 0.29) is 28.9 Å². The van der Waals surface area contributed by atoms with Crippen molar-refractivity contribution in [2.45, 2.75) is 35.3 Å². The van der Waals surface area contributed by atoms with E-state index >= 15 is 0 Å². The molecule has 1 aliphatic rings. The minimum Gasteiger partial charge on any atom is -0.326 e. The van der Waals surface area contributed by atoms with Gasteiger partial charge in [-0.1, -0.05) is 18.2 Å². The Morgan fingerprint density at radius 2 is 2.00 bits per heavy atom. The third-order valence-corrected chi connectivity index (χ3v) is 7.53. The quantitative estimate of drug-likeness (QED) is 0.798. The van der Waals surface area contributed by atoms with Crippen LogP contribution in [0.15, 0.2) is 52.3 Å². The van der Waals surface area contributed by atoms with Crippen molar-refractivity contribution < 1.29 is 18.0 Å². The van der Waals surface area contributed by atoms with Crippen LogP contribution in [-0.4, -0.2) is 31.2 Å². The van der Waals surface area contributed by atoms with E-state index in [1.807, 2.05) is 25.1 Å². The third kappa shape index (κ3) is 4.33. The van der Waals surface area contributed by atoms with Gasteiger partial charge in [-0.15, -0.1) is 11.8 Å². The van der Waals surface area contributed by atoms with Crippen LogP contribution in [0.1, 0.15) is 18.9 Å². The van der Waals surface area contributed by atoms with Crippen LogP contribution in [0.4, 0.5) is 11.4 Å². The zero-order valence-corrected chi connectivity index (χ0v) is 16.6. The number of hydrogen-bond donors (Lipinski definition) is 2. The highest BCUT2D eigenvalue weighted by Gasteiger charge is 2.27. The first kappa shape index (κ1) is 19.4. The van der Waals surface area contributed by atoms with Crippen LogP contribution in [0.3, 0.4) is 0 Å². The highest BCUT2D eigenvalue weighted by atomic mass is 32.2. The molecule has 1 aliphatic heterocycles. The maximum absolute atomic E-state index is 12.9. The number of carbonyl (C=O) groups excluding carboxylic acids is 2. The van der Waals surface area contributed by atoms with Crippen LogP contribution in [0, 0.1) is 6.92 Å². The van der Waals surface area contributed by atoms with Crippen LogP contribution in [0.2, 0.25) is 0 Å². The molecule has 1 atom stereocenters. The Kier molecular flexibility index (Phi) is 5.57. The third-order valence-electron chi connectivity index (χ3n) is 4.34. The van der Waals surface area contributed by atoms with E-state index in [2.05, 4.69) is 10.6 Å². The van der Waals surface area contributed by atoms with Crippen molar-refractivity contribution in [3.63, 3.8) is 0 Å². The Balaban J connectivity index is 1.74. The molecule has 1 heterocycles. The molecule has 2 aromatic carbocycles. The van der Waals surface area contributed by atoms with Crippen molar-refractivity contribution in [3.8, 4) is 0 Å². The number of aryl methyl sites for hydroxylation is 1. The minimum absolute atomic E-state index is 0.107. The largest absolute Gasteiger partial charge is 0.326 e. The first-order chi connectivity index (χ1) is 12.8. The summed E-state index contributed by atoms with van der Waals surface area (Å²) in [6, 6.07) is 12.0. The molecule has 2 N–H and O–H groups in total. The molecule has 0 bridgehead atoms. The predicted octanol–water partition coefficient (Wildman–Crippen LogP) is 3.23. The summed E-state index contributed by atoms with van der Waals surface area (Å²) in [6.45, 7) is 3.40. The zero-order chi connectivity index (χ0) is 19.6. The maximum atomic E-state index is 12.9. The molecule has 0 saturated carbocycles. The number of anilines is 2. The van der Waals surface area contributed by atoms with Gasteiger partial charge < -0.3 is 10.6 Å². The molecule has 0 fully saturated rings. The SMILES string of the molecule is Cc1ccccc1NC(=O)CC(C)S(=O)(=O)c1ccc2c(c1)SCC(=O)N2. The molecule has 0 spiro atoms. The Morgan fingerprint density at radius 1 is 1.26 bits per heavy atom. The fraction of sp³-hybridized carbons (Fsp3) is 0.263. The van der Waals surface area contributed by atoms with Crippen LogP contribution >= 0.6 is 11.8 Å². The maximum Gasteiger partial charge on any atom is 0.234 e. The number of hydrogen-bond acceptors (Lipinski definition) is 5. The Morgan fingerprint density at radius 3 is 2.74 bits per heavy atom. The van der Waals surface area contributed by atoms with Crippen molar-refractivity contribution in [3.05, 3.63) is 48.0 Å². The lowest BCUT2D eigenvalue weighted by atomic mass is 10.2. The molecule has 0 radical (unpaired) electrons. The first-order valence-electron chi connectivity index (χ1n) is 8.43. The average Bonchev–Trinajstić information content (AvgIpc) is 2.63. The van der Waals surface area contributed by atoms with E-state index in [9.17, 15) is 18.0 Å². The number of benzene rings is 2. The Labute approximate surface area is 162 Å². The van der Waals surface area contributed by atoms with E-state index < -0.39 is 15.1 Å². The summed E-state index contributed by atoms with van der Waals surface area (Å²) in [5.41, 5.74) is 2.20. The molecule has 3 rings (SSSR count). The summed E-state index contributed by atoms with van der Waals surface area (Å²) in [5.74, 6) is -0.199. The van der Waals surface area contributed by atoms with Crippen molar-refractivity contribution in [1.82, 2.24) is 0 Å². The monoisotopic (exact) mass is 404 g/mol. The number of sulfone groups is 1. The van der Waals surface area contributed by atoms with Gasteiger partial charge in [-0.3, -0.25) is 9.59 Å². The molecule has 142 valence electrons. The topological polar surface area (TPSA) is 92.3 Å². The van der Waals surface area contributed by atoms with E-state index in [1.54, 1.807) is 18.2 Å². The molecule has 2 amide bonds. The van der Waals surface area contributed by atoms with E-state index in [1.165, 1.54) is 24.8 Å². The molecule has 0 saturated heterocycles. The summed E-state index contributed by atoms with van der Waals surface area (Å²) < 4.78 is 25.7. The normalized spacial score (nSPS) is 14.8. The van der Waals surface area contributed by atoms with Gasteiger partial charge in [-0.25, -0.2) is 8.42 Å². The van der Waals surface area contributed by atoms with E-state index in [4.69, 9.17) is 0 Å². The fourth-order valence-electron chi connectivity index (χ4n) is 2.75. The van der Waals surface area contributed by atoms with Crippen LogP contribution in [0.5, 0.6) is 0 Å². The number of amides is 2. The highest BCUT2D eigenvalue weighted by molar-refractivity contribution is 8.00. The molecule has 2 aromatic rings. The Bertz CT molecular complexity index is 1000. The average molecular weight is 405 g/mol. The van der Waals surface area contributed by atoms with Gasteiger partial charge in [0.25, 0.3) is 0 Å². The fourth-order valence-corrected chi connectivity index (χ4v) is 5.04.